The minimum absolute atomic E-state index is 0.215. The summed E-state index contributed by atoms with van der Waals surface area (Å²) in [6.45, 7) is 7.02. The lowest BCUT2D eigenvalue weighted by Gasteiger charge is -2.30. The molecule has 0 amide bonds. The Labute approximate surface area is 199 Å². The topological polar surface area (TPSA) is 76.5 Å². The number of hydrogen-bond acceptors (Lipinski definition) is 9. The van der Waals surface area contributed by atoms with E-state index in [1.807, 2.05) is 51.8 Å². The minimum atomic E-state index is -0.215. The predicted molar refractivity (Wildman–Crippen MR) is 131 cm³/mol. The number of rotatable bonds is 7. The van der Waals surface area contributed by atoms with Crippen molar-refractivity contribution in [2.75, 3.05) is 51.2 Å². The lowest BCUT2D eigenvalue weighted by Crippen LogP contribution is -2.22. The van der Waals surface area contributed by atoms with Crippen LogP contribution in [0.2, 0.25) is 0 Å². The Balaban J connectivity index is 2.04. The standard InChI is InChI=1S/C24H30N6O2S/c1-8-31-19-17-16(15-12-10-14(3)11-13-15)18-20(32-9-2)26-24(30(6)7)28-22(18)33-21(17)27-23(25-19)29(4)5/h10-13,16H,8-9H2,1-7H3. The molecule has 0 bridgehead atoms. The molecule has 0 atom stereocenters. The van der Waals surface area contributed by atoms with Gasteiger partial charge in [-0.3, -0.25) is 0 Å². The first kappa shape index (κ1) is 23.1. The van der Waals surface area contributed by atoms with Crippen LogP contribution >= 0.6 is 11.8 Å². The summed E-state index contributed by atoms with van der Waals surface area (Å²) >= 11 is 1.51. The molecule has 3 aromatic rings. The van der Waals surface area contributed by atoms with Gasteiger partial charge in [-0.15, -0.1) is 0 Å². The molecule has 2 aromatic heterocycles. The highest BCUT2D eigenvalue weighted by molar-refractivity contribution is 7.99. The molecule has 33 heavy (non-hydrogen) atoms. The minimum Gasteiger partial charge on any atom is -0.478 e. The van der Waals surface area contributed by atoms with Gasteiger partial charge in [-0.1, -0.05) is 29.8 Å². The van der Waals surface area contributed by atoms with Gasteiger partial charge in [0.15, 0.2) is 0 Å². The number of aryl methyl sites for hydroxylation is 1. The summed E-state index contributed by atoms with van der Waals surface area (Å²) in [4.78, 5) is 23.0. The van der Waals surface area contributed by atoms with Crippen LogP contribution in [-0.2, 0) is 0 Å². The molecule has 0 aliphatic carbocycles. The SMILES string of the molecule is CCOc1nc(N(C)C)nc2c1C(c1ccc(C)cc1)c1c(OCC)nc(N(C)C)nc1S2. The third-order valence-electron chi connectivity index (χ3n) is 5.27. The molecule has 9 heteroatoms. The zero-order valence-corrected chi connectivity index (χ0v) is 21.0. The summed E-state index contributed by atoms with van der Waals surface area (Å²) in [5.41, 5.74) is 4.13. The average Bonchev–Trinajstić information content (AvgIpc) is 2.78. The number of hydrogen-bond donors (Lipinski definition) is 0. The molecule has 0 fully saturated rings. The van der Waals surface area contributed by atoms with Gasteiger partial charge in [0.05, 0.1) is 30.3 Å². The van der Waals surface area contributed by atoms with Crippen LogP contribution in [0.25, 0.3) is 0 Å². The van der Waals surface area contributed by atoms with Crippen molar-refractivity contribution in [2.24, 2.45) is 0 Å². The molecule has 0 saturated carbocycles. The fourth-order valence-electron chi connectivity index (χ4n) is 3.71. The smallest absolute Gasteiger partial charge is 0.229 e. The lowest BCUT2D eigenvalue weighted by molar-refractivity contribution is 0.313. The van der Waals surface area contributed by atoms with Gasteiger partial charge in [0.25, 0.3) is 0 Å². The maximum atomic E-state index is 6.07. The van der Waals surface area contributed by atoms with Crippen LogP contribution in [0.1, 0.15) is 42.0 Å². The number of anilines is 2. The Kier molecular flexibility index (Phi) is 6.60. The van der Waals surface area contributed by atoms with E-state index < -0.39 is 0 Å². The van der Waals surface area contributed by atoms with E-state index in [0.29, 0.717) is 36.9 Å². The molecule has 8 nitrogen and oxygen atoms in total. The van der Waals surface area contributed by atoms with E-state index in [9.17, 15) is 0 Å². The van der Waals surface area contributed by atoms with Gasteiger partial charge in [-0.2, -0.15) is 9.97 Å². The highest BCUT2D eigenvalue weighted by atomic mass is 32.2. The Hall–Kier alpha value is -3.07. The van der Waals surface area contributed by atoms with Crippen molar-refractivity contribution in [1.29, 1.82) is 0 Å². The molecule has 1 aliphatic rings. The van der Waals surface area contributed by atoms with Gasteiger partial charge in [0.1, 0.15) is 10.1 Å². The summed E-state index contributed by atoms with van der Waals surface area (Å²) in [6.07, 6.45) is 0. The first-order valence-electron chi connectivity index (χ1n) is 11.0. The van der Waals surface area contributed by atoms with E-state index in [-0.39, 0.29) is 5.92 Å². The first-order valence-corrected chi connectivity index (χ1v) is 11.8. The maximum Gasteiger partial charge on any atom is 0.229 e. The van der Waals surface area contributed by atoms with Gasteiger partial charge < -0.3 is 19.3 Å². The van der Waals surface area contributed by atoms with Gasteiger partial charge in [-0.05, 0) is 38.1 Å². The first-order chi connectivity index (χ1) is 15.8. The van der Waals surface area contributed by atoms with Gasteiger partial charge >= 0.3 is 0 Å². The van der Waals surface area contributed by atoms with E-state index >= 15 is 0 Å². The normalized spacial score (nSPS) is 12.7. The Bertz CT molecular complexity index is 1080. The highest BCUT2D eigenvalue weighted by Gasteiger charge is 2.38. The third-order valence-corrected chi connectivity index (χ3v) is 6.28. The molecule has 1 aliphatic heterocycles. The van der Waals surface area contributed by atoms with Crippen LogP contribution in [0.3, 0.4) is 0 Å². The van der Waals surface area contributed by atoms with Crippen molar-refractivity contribution in [3.05, 3.63) is 46.5 Å². The molecule has 0 spiro atoms. The van der Waals surface area contributed by atoms with Crippen molar-refractivity contribution in [3.8, 4) is 11.8 Å². The summed E-state index contributed by atoms with van der Waals surface area (Å²) < 4.78 is 12.1. The molecule has 4 rings (SSSR count). The number of fused-ring (bicyclic) bond motifs is 2. The molecular formula is C24H30N6O2S. The molecule has 3 heterocycles. The molecule has 0 radical (unpaired) electrons. The van der Waals surface area contributed by atoms with Gasteiger partial charge in [0, 0.05) is 28.2 Å². The lowest BCUT2D eigenvalue weighted by atomic mass is 9.86. The van der Waals surface area contributed by atoms with Crippen molar-refractivity contribution < 1.29 is 9.47 Å². The number of nitrogens with zero attached hydrogens (tertiary/aromatic N) is 6. The second-order valence-electron chi connectivity index (χ2n) is 8.20. The van der Waals surface area contributed by atoms with Crippen LogP contribution < -0.4 is 19.3 Å². The second kappa shape index (κ2) is 9.43. The van der Waals surface area contributed by atoms with Crippen molar-refractivity contribution in [1.82, 2.24) is 19.9 Å². The summed E-state index contributed by atoms with van der Waals surface area (Å²) in [7, 11) is 7.71. The summed E-state index contributed by atoms with van der Waals surface area (Å²) in [5, 5.41) is 1.67. The van der Waals surface area contributed by atoms with Crippen LogP contribution in [-0.4, -0.2) is 61.3 Å². The molecular weight excluding hydrogens is 436 g/mol. The Morgan fingerprint density at radius 2 is 1.21 bits per heavy atom. The zero-order chi connectivity index (χ0) is 23.7. The van der Waals surface area contributed by atoms with Crippen LogP contribution in [0.4, 0.5) is 11.9 Å². The van der Waals surface area contributed by atoms with E-state index in [4.69, 9.17) is 29.4 Å². The fourth-order valence-corrected chi connectivity index (χ4v) is 4.78. The van der Waals surface area contributed by atoms with E-state index in [1.54, 1.807) is 0 Å². The maximum absolute atomic E-state index is 6.07. The zero-order valence-electron chi connectivity index (χ0n) is 20.2. The molecule has 0 N–H and O–H groups in total. The van der Waals surface area contributed by atoms with E-state index in [2.05, 4.69) is 31.2 Å². The van der Waals surface area contributed by atoms with E-state index in [0.717, 1.165) is 26.7 Å². The molecule has 1 aromatic carbocycles. The predicted octanol–water partition coefficient (Wildman–Crippen LogP) is 4.15. The number of benzene rings is 1. The monoisotopic (exact) mass is 466 g/mol. The van der Waals surface area contributed by atoms with Crippen molar-refractivity contribution >= 4 is 23.7 Å². The number of aromatic nitrogens is 4. The van der Waals surface area contributed by atoms with Crippen LogP contribution in [0.5, 0.6) is 11.8 Å². The largest absolute Gasteiger partial charge is 0.478 e. The fraction of sp³-hybridized carbons (Fsp3) is 0.417. The quantitative estimate of drug-likeness (QED) is 0.373. The van der Waals surface area contributed by atoms with E-state index in [1.165, 1.54) is 17.3 Å². The Morgan fingerprint density at radius 1 is 0.758 bits per heavy atom. The molecule has 0 saturated heterocycles. The van der Waals surface area contributed by atoms with Gasteiger partial charge in [-0.25, -0.2) is 9.97 Å². The molecule has 0 unspecified atom stereocenters. The van der Waals surface area contributed by atoms with Crippen LogP contribution in [0, 0.1) is 6.92 Å². The average molecular weight is 467 g/mol. The van der Waals surface area contributed by atoms with Crippen molar-refractivity contribution in [3.63, 3.8) is 0 Å². The summed E-state index contributed by atoms with van der Waals surface area (Å²) in [6, 6.07) is 8.49. The molecule has 174 valence electrons. The summed E-state index contributed by atoms with van der Waals surface area (Å²) in [5.74, 6) is 2.14. The van der Waals surface area contributed by atoms with Crippen molar-refractivity contribution in [2.45, 2.75) is 36.7 Å². The third kappa shape index (κ3) is 4.42. The highest BCUT2D eigenvalue weighted by Crippen LogP contribution is 2.53. The second-order valence-corrected chi connectivity index (χ2v) is 9.17. The number of ether oxygens (including phenoxy) is 2. The van der Waals surface area contributed by atoms with Gasteiger partial charge in [0.2, 0.25) is 23.7 Å². The van der Waals surface area contributed by atoms with Crippen LogP contribution in [0.15, 0.2) is 34.3 Å². The Morgan fingerprint density at radius 3 is 1.61 bits per heavy atom.